The highest BCUT2D eigenvalue weighted by molar-refractivity contribution is 6.37. The molecule has 1 aromatic carbocycles. The zero-order chi connectivity index (χ0) is 13.1. The van der Waals surface area contributed by atoms with Crippen LogP contribution in [0.15, 0.2) is 23.2 Å². The Kier molecular flexibility index (Phi) is 4.22. The van der Waals surface area contributed by atoms with E-state index in [1.165, 1.54) is 7.11 Å². The molecule has 0 spiro atoms. The van der Waals surface area contributed by atoms with Crippen LogP contribution in [0.5, 0.6) is 0 Å². The molecule has 1 atom stereocenters. The Balaban J connectivity index is 2.12. The molecule has 2 rings (SSSR count). The molecule has 0 aromatic heterocycles. The largest absolute Gasteiger partial charge is 0.464 e. The van der Waals surface area contributed by atoms with Crippen molar-refractivity contribution < 1.29 is 14.3 Å². The summed E-state index contributed by atoms with van der Waals surface area (Å²) in [5, 5.41) is 1.13. The molecule has 0 saturated heterocycles. The molecule has 0 fully saturated rings. The molecule has 1 aliphatic rings. The summed E-state index contributed by atoms with van der Waals surface area (Å²) in [6.07, 6.45) is -0.0181. The van der Waals surface area contributed by atoms with E-state index >= 15 is 0 Å². The molecule has 0 bridgehead atoms. The Hall–Kier alpha value is -1.10. The summed E-state index contributed by atoms with van der Waals surface area (Å²) in [5.74, 6) is -0.470. The van der Waals surface area contributed by atoms with E-state index in [9.17, 15) is 4.79 Å². The Bertz CT molecular complexity index is 482. The van der Waals surface area contributed by atoms with Gasteiger partial charge in [0.15, 0.2) is 6.23 Å². The highest BCUT2D eigenvalue weighted by Crippen LogP contribution is 2.27. The summed E-state index contributed by atoms with van der Waals surface area (Å²) < 4.78 is 9.96. The number of benzene rings is 1. The quantitative estimate of drug-likeness (QED) is 0.803. The second-order valence-corrected chi connectivity index (χ2v) is 4.55. The highest BCUT2D eigenvalue weighted by atomic mass is 35.5. The van der Waals surface area contributed by atoms with Crippen LogP contribution >= 0.6 is 23.2 Å². The van der Waals surface area contributed by atoms with Gasteiger partial charge in [-0.05, 0) is 17.7 Å². The SMILES string of the molecule is COC(=O)C1=NC(Cc2c(Cl)cccc2Cl)OC1. The summed E-state index contributed by atoms with van der Waals surface area (Å²) in [6.45, 7) is 0.152. The van der Waals surface area contributed by atoms with E-state index in [1.54, 1.807) is 18.2 Å². The lowest BCUT2D eigenvalue weighted by atomic mass is 10.1. The van der Waals surface area contributed by atoms with Crippen molar-refractivity contribution in [2.75, 3.05) is 13.7 Å². The number of esters is 1. The maximum absolute atomic E-state index is 11.3. The Morgan fingerprint density at radius 2 is 2.17 bits per heavy atom. The van der Waals surface area contributed by atoms with Gasteiger partial charge in [0.1, 0.15) is 5.71 Å². The molecule has 0 aliphatic carbocycles. The van der Waals surface area contributed by atoms with Crippen LogP contribution in [0.2, 0.25) is 10.0 Å². The molecule has 1 aliphatic heterocycles. The number of carbonyl (C=O) groups excluding carboxylic acids is 1. The lowest BCUT2D eigenvalue weighted by Gasteiger charge is -2.10. The van der Waals surface area contributed by atoms with Crippen molar-refractivity contribution in [1.29, 1.82) is 0 Å². The molecule has 6 heteroatoms. The molecule has 0 saturated carbocycles. The van der Waals surface area contributed by atoms with E-state index in [1.807, 2.05) is 0 Å². The minimum Gasteiger partial charge on any atom is -0.464 e. The smallest absolute Gasteiger partial charge is 0.354 e. The minimum absolute atomic E-state index is 0.152. The molecule has 4 nitrogen and oxygen atoms in total. The topological polar surface area (TPSA) is 47.9 Å². The van der Waals surface area contributed by atoms with E-state index in [0.29, 0.717) is 16.5 Å². The van der Waals surface area contributed by atoms with E-state index in [-0.39, 0.29) is 12.3 Å². The molecule has 1 heterocycles. The zero-order valence-corrected chi connectivity index (χ0v) is 11.2. The van der Waals surface area contributed by atoms with Crippen LogP contribution in [0.3, 0.4) is 0 Å². The fraction of sp³-hybridized carbons (Fsp3) is 0.333. The first kappa shape index (κ1) is 13.3. The van der Waals surface area contributed by atoms with Crippen LogP contribution in [0.4, 0.5) is 0 Å². The summed E-state index contributed by atoms with van der Waals surface area (Å²) in [4.78, 5) is 15.4. The summed E-state index contributed by atoms with van der Waals surface area (Å²) in [5.41, 5.74) is 1.05. The normalized spacial score (nSPS) is 18.6. The minimum atomic E-state index is -0.470. The van der Waals surface area contributed by atoms with Crippen molar-refractivity contribution in [2.24, 2.45) is 4.99 Å². The third-order valence-corrected chi connectivity index (χ3v) is 3.28. The molecule has 0 N–H and O–H groups in total. The third kappa shape index (κ3) is 2.83. The summed E-state index contributed by atoms with van der Waals surface area (Å²) in [7, 11) is 1.31. The maximum Gasteiger partial charge on any atom is 0.354 e. The second kappa shape index (κ2) is 5.69. The standard InChI is InChI=1S/C12H11Cl2NO3/c1-17-12(16)10-6-18-11(15-10)5-7-8(13)3-2-4-9(7)14/h2-4,11H,5-6H2,1H3. The molecule has 1 aromatic rings. The second-order valence-electron chi connectivity index (χ2n) is 3.74. The van der Waals surface area contributed by atoms with Gasteiger partial charge >= 0.3 is 5.97 Å². The van der Waals surface area contributed by atoms with Crippen molar-refractivity contribution in [2.45, 2.75) is 12.6 Å². The maximum atomic E-state index is 11.3. The van der Waals surface area contributed by atoms with Crippen molar-refractivity contribution in [3.8, 4) is 0 Å². The molecule has 18 heavy (non-hydrogen) atoms. The van der Waals surface area contributed by atoms with Gasteiger partial charge < -0.3 is 9.47 Å². The fourth-order valence-electron chi connectivity index (χ4n) is 1.66. The predicted molar refractivity (Wildman–Crippen MR) is 69.4 cm³/mol. The van der Waals surface area contributed by atoms with Gasteiger partial charge in [-0.3, -0.25) is 0 Å². The van der Waals surface area contributed by atoms with E-state index in [2.05, 4.69) is 9.73 Å². The van der Waals surface area contributed by atoms with Crippen molar-refractivity contribution in [3.63, 3.8) is 0 Å². The number of carbonyl (C=O) groups is 1. The van der Waals surface area contributed by atoms with Crippen LogP contribution < -0.4 is 0 Å². The van der Waals surface area contributed by atoms with Crippen LogP contribution in [0.25, 0.3) is 0 Å². The number of hydrogen-bond donors (Lipinski definition) is 0. The van der Waals surface area contributed by atoms with Gasteiger partial charge in [0.05, 0.1) is 13.7 Å². The zero-order valence-electron chi connectivity index (χ0n) is 9.65. The van der Waals surface area contributed by atoms with Crippen LogP contribution in [-0.2, 0) is 20.7 Å². The first-order chi connectivity index (χ1) is 8.61. The molecular weight excluding hydrogens is 277 g/mol. The fourth-order valence-corrected chi connectivity index (χ4v) is 2.21. The lowest BCUT2D eigenvalue weighted by Crippen LogP contribution is -2.16. The summed E-state index contributed by atoms with van der Waals surface area (Å²) >= 11 is 12.1. The summed E-state index contributed by atoms with van der Waals surface area (Å²) in [6, 6.07) is 5.28. The van der Waals surface area contributed by atoms with E-state index in [4.69, 9.17) is 27.9 Å². The number of ether oxygens (including phenoxy) is 2. The van der Waals surface area contributed by atoms with Gasteiger partial charge in [0, 0.05) is 16.5 Å². The number of aliphatic imine (C=N–C) groups is 1. The molecule has 96 valence electrons. The molecule has 0 radical (unpaired) electrons. The molecule has 1 unspecified atom stereocenters. The van der Waals surface area contributed by atoms with Gasteiger partial charge in [-0.15, -0.1) is 0 Å². The molecule has 0 amide bonds. The average molecular weight is 288 g/mol. The Morgan fingerprint density at radius 3 is 2.78 bits per heavy atom. The Labute approximate surface area is 115 Å². The lowest BCUT2D eigenvalue weighted by molar-refractivity contribution is -0.132. The van der Waals surface area contributed by atoms with Gasteiger partial charge in [-0.2, -0.15) is 0 Å². The molecular formula is C12H11Cl2NO3. The van der Waals surface area contributed by atoms with Gasteiger partial charge in [0.2, 0.25) is 0 Å². The van der Waals surface area contributed by atoms with Gasteiger partial charge in [-0.1, -0.05) is 29.3 Å². The van der Waals surface area contributed by atoms with Crippen molar-refractivity contribution in [1.82, 2.24) is 0 Å². The van der Waals surface area contributed by atoms with Crippen LogP contribution in [0.1, 0.15) is 5.56 Å². The van der Waals surface area contributed by atoms with E-state index < -0.39 is 12.2 Å². The number of rotatable bonds is 3. The van der Waals surface area contributed by atoms with Gasteiger partial charge in [-0.25, -0.2) is 9.79 Å². The van der Waals surface area contributed by atoms with Crippen molar-refractivity contribution in [3.05, 3.63) is 33.8 Å². The predicted octanol–water partition coefficient (Wildman–Crippen LogP) is 2.51. The first-order valence-electron chi connectivity index (χ1n) is 5.31. The monoisotopic (exact) mass is 287 g/mol. The number of hydrogen-bond acceptors (Lipinski definition) is 4. The number of nitrogens with zero attached hydrogens (tertiary/aromatic N) is 1. The highest BCUT2D eigenvalue weighted by Gasteiger charge is 2.25. The number of methoxy groups -OCH3 is 1. The first-order valence-corrected chi connectivity index (χ1v) is 6.07. The third-order valence-electron chi connectivity index (χ3n) is 2.57. The number of halogens is 2. The van der Waals surface area contributed by atoms with Crippen LogP contribution in [-0.4, -0.2) is 31.6 Å². The Morgan fingerprint density at radius 1 is 1.50 bits per heavy atom. The average Bonchev–Trinajstić information content (AvgIpc) is 2.81. The van der Waals surface area contributed by atoms with Crippen LogP contribution in [0, 0.1) is 0 Å². The van der Waals surface area contributed by atoms with E-state index in [0.717, 1.165) is 5.56 Å². The van der Waals surface area contributed by atoms with Gasteiger partial charge in [0.25, 0.3) is 0 Å². The van der Waals surface area contributed by atoms with Crippen molar-refractivity contribution >= 4 is 34.9 Å².